The van der Waals surface area contributed by atoms with Gasteiger partial charge >= 0.3 is 0 Å². The fourth-order valence-corrected chi connectivity index (χ4v) is 3.29. The molecule has 6 heteroatoms. The molecule has 1 heterocycles. The van der Waals surface area contributed by atoms with Crippen LogP contribution in [0.4, 0.5) is 0 Å². The maximum Gasteiger partial charge on any atom is 0.257 e. The van der Waals surface area contributed by atoms with E-state index in [1.807, 2.05) is 0 Å². The van der Waals surface area contributed by atoms with Crippen LogP contribution in [0.3, 0.4) is 0 Å². The number of hydrogen-bond acceptors (Lipinski definition) is 3. The Morgan fingerprint density at radius 1 is 1.25 bits per heavy atom. The van der Waals surface area contributed by atoms with Gasteiger partial charge in [-0.2, -0.15) is 5.10 Å². The van der Waals surface area contributed by atoms with E-state index < -0.39 is 10.0 Å². The average molecular weight is 243 g/mol. The molecule has 1 saturated carbocycles. The normalized spacial score (nSPS) is 19.5. The van der Waals surface area contributed by atoms with Crippen molar-refractivity contribution in [3.05, 3.63) is 12.3 Å². The highest BCUT2D eigenvalue weighted by molar-refractivity contribution is 7.89. The van der Waals surface area contributed by atoms with Crippen LogP contribution < -0.4 is 4.72 Å². The largest absolute Gasteiger partial charge is 0.266 e. The minimum Gasteiger partial charge on any atom is -0.266 e. The second-order valence-electron chi connectivity index (χ2n) is 4.23. The third-order valence-corrected chi connectivity index (χ3v) is 4.39. The number of rotatable bonds is 3. The molecule has 1 aromatic heterocycles. The van der Waals surface area contributed by atoms with Crippen LogP contribution in [0.2, 0.25) is 0 Å². The number of hydrogen-bond donors (Lipinski definition) is 2. The van der Waals surface area contributed by atoms with Crippen LogP contribution in [-0.2, 0) is 10.0 Å². The van der Waals surface area contributed by atoms with E-state index in [2.05, 4.69) is 14.9 Å². The van der Waals surface area contributed by atoms with Gasteiger partial charge < -0.3 is 0 Å². The quantitative estimate of drug-likeness (QED) is 0.788. The van der Waals surface area contributed by atoms with E-state index >= 15 is 0 Å². The van der Waals surface area contributed by atoms with Gasteiger partial charge in [-0.25, -0.2) is 13.1 Å². The van der Waals surface area contributed by atoms with Crippen molar-refractivity contribution in [2.45, 2.75) is 49.6 Å². The highest BCUT2D eigenvalue weighted by atomic mass is 32.2. The molecule has 2 rings (SSSR count). The Hall–Kier alpha value is -0.880. The molecule has 1 fully saturated rings. The summed E-state index contributed by atoms with van der Waals surface area (Å²) in [5.41, 5.74) is 0. The van der Waals surface area contributed by atoms with Gasteiger partial charge in [0.25, 0.3) is 10.0 Å². The van der Waals surface area contributed by atoms with Crippen molar-refractivity contribution in [2.75, 3.05) is 0 Å². The number of nitrogens with zero attached hydrogens (tertiary/aromatic N) is 1. The molecule has 0 unspecified atom stereocenters. The van der Waals surface area contributed by atoms with E-state index in [0.29, 0.717) is 0 Å². The minimum absolute atomic E-state index is 0.0794. The molecule has 1 aromatic rings. The van der Waals surface area contributed by atoms with E-state index in [1.54, 1.807) is 0 Å². The first-order chi connectivity index (χ1) is 7.68. The Labute approximate surface area is 95.7 Å². The van der Waals surface area contributed by atoms with Gasteiger partial charge in [-0.05, 0) is 18.9 Å². The molecule has 5 nitrogen and oxygen atoms in total. The lowest BCUT2D eigenvalue weighted by Crippen LogP contribution is -2.34. The summed E-state index contributed by atoms with van der Waals surface area (Å²) >= 11 is 0. The first kappa shape index (κ1) is 11.6. The molecule has 0 atom stereocenters. The lowest BCUT2D eigenvalue weighted by Gasteiger charge is -2.15. The molecule has 0 saturated heterocycles. The van der Waals surface area contributed by atoms with Gasteiger partial charge in [0.2, 0.25) is 0 Å². The molecule has 0 bridgehead atoms. The SMILES string of the molecule is O=S(=O)(NC1CCCCCC1)c1ccn[nH]1. The monoisotopic (exact) mass is 243 g/mol. The van der Waals surface area contributed by atoms with Crippen LogP contribution in [-0.4, -0.2) is 24.7 Å². The maximum absolute atomic E-state index is 11.9. The predicted molar refractivity (Wildman–Crippen MR) is 60.4 cm³/mol. The van der Waals surface area contributed by atoms with E-state index in [9.17, 15) is 8.42 Å². The second-order valence-corrected chi connectivity index (χ2v) is 5.91. The van der Waals surface area contributed by atoms with Gasteiger partial charge in [-0.1, -0.05) is 25.7 Å². The van der Waals surface area contributed by atoms with Crippen molar-refractivity contribution < 1.29 is 8.42 Å². The summed E-state index contributed by atoms with van der Waals surface area (Å²) in [6.45, 7) is 0. The minimum atomic E-state index is -3.40. The van der Waals surface area contributed by atoms with E-state index in [4.69, 9.17) is 0 Å². The van der Waals surface area contributed by atoms with Crippen molar-refractivity contribution in [2.24, 2.45) is 0 Å². The third-order valence-electron chi connectivity index (χ3n) is 2.94. The van der Waals surface area contributed by atoms with Crippen LogP contribution in [0.25, 0.3) is 0 Å². The van der Waals surface area contributed by atoms with Gasteiger partial charge in [-0.15, -0.1) is 0 Å². The Kier molecular flexibility index (Phi) is 3.60. The lowest BCUT2D eigenvalue weighted by atomic mass is 10.1. The zero-order valence-corrected chi connectivity index (χ0v) is 9.96. The van der Waals surface area contributed by atoms with Crippen molar-refractivity contribution in [3.63, 3.8) is 0 Å². The molecule has 0 aromatic carbocycles. The van der Waals surface area contributed by atoms with Gasteiger partial charge in [0.05, 0.1) is 6.20 Å². The molecular weight excluding hydrogens is 226 g/mol. The van der Waals surface area contributed by atoms with Gasteiger partial charge in [0, 0.05) is 6.04 Å². The van der Waals surface area contributed by atoms with Crippen molar-refractivity contribution >= 4 is 10.0 Å². The Morgan fingerprint density at radius 3 is 2.50 bits per heavy atom. The summed E-state index contributed by atoms with van der Waals surface area (Å²) in [6, 6.07) is 1.55. The molecule has 1 aliphatic rings. The lowest BCUT2D eigenvalue weighted by molar-refractivity contribution is 0.508. The standard InChI is InChI=1S/C10H17N3O2S/c14-16(15,10-7-8-11-12-10)13-9-5-3-1-2-4-6-9/h7-9,13H,1-6H2,(H,11,12). The predicted octanol–water partition coefficient (Wildman–Crippen LogP) is 1.41. The smallest absolute Gasteiger partial charge is 0.257 e. The van der Waals surface area contributed by atoms with E-state index in [-0.39, 0.29) is 11.1 Å². The molecular formula is C10H17N3O2S. The molecule has 90 valence electrons. The van der Waals surface area contributed by atoms with E-state index in [0.717, 1.165) is 25.7 Å². The number of nitrogens with one attached hydrogen (secondary N) is 2. The Bertz CT molecular complexity index is 405. The van der Waals surface area contributed by atoms with Crippen LogP contribution >= 0.6 is 0 Å². The van der Waals surface area contributed by atoms with Crippen molar-refractivity contribution in [3.8, 4) is 0 Å². The second kappa shape index (κ2) is 4.97. The first-order valence-electron chi connectivity index (χ1n) is 5.70. The summed E-state index contributed by atoms with van der Waals surface area (Å²) < 4.78 is 26.5. The van der Waals surface area contributed by atoms with Crippen LogP contribution in [0.15, 0.2) is 17.3 Å². The van der Waals surface area contributed by atoms with Crippen molar-refractivity contribution in [1.82, 2.24) is 14.9 Å². The summed E-state index contributed by atoms with van der Waals surface area (Å²) in [5, 5.41) is 6.29. The molecule has 1 aliphatic carbocycles. The molecule has 0 radical (unpaired) electrons. The number of H-pyrrole nitrogens is 1. The zero-order valence-electron chi connectivity index (χ0n) is 9.15. The molecule has 0 amide bonds. The summed E-state index contributed by atoms with van der Waals surface area (Å²) in [6.07, 6.45) is 7.96. The van der Waals surface area contributed by atoms with Gasteiger partial charge in [0.1, 0.15) is 0 Å². The Morgan fingerprint density at radius 2 is 1.94 bits per heavy atom. The van der Waals surface area contributed by atoms with Crippen LogP contribution in [0.5, 0.6) is 0 Å². The topological polar surface area (TPSA) is 74.8 Å². The molecule has 0 spiro atoms. The number of sulfonamides is 1. The summed E-state index contributed by atoms with van der Waals surface area (Å²) in [7, 11) is -3.40. The average Bonchev–Trinajstić information content (AvgIpc) is 2.67. The maximum atomic E-state index is 11.9. The van der Waals surface area contributed by atoms with Gasteiger partial charge in [0.15, 0.2) is 5.03 Å². The number of aromatic amines is 1. The fourth-order valence-electron chi connectivity index (χ4n) is 2.07. The highest BCUT2D eigenvalue weighted by Crippen LogP contribution is 2.18. The summed E-state index contributed by atoms with van der Waals surface area (Å²) in [4.78, 5) is 0. The van der Waals surface area contributed by atoms with Crippen LogP contribution in [0.1, 0.15) is 38.5 Å². The molecule has 2 N–H and O–H groups in total. The molecule has 16 heavy (non-hydrogen) atoms. The fraction of sp³-hybridized carbons (Fsp3) is 0.700. The first-order valence-corrected chi connectivity index (χ1v) is 7.18. The highest BCUT2D eigenvalue weighted by Gasteiger charge is 2.21. The van der Waals surface area contributed by atoms with E-state index in [1.165, 1.54) is 25.1 Å². The Balaban J connectivity index is 2.03. The van der Waals surface area contributed by atoms with Gasteiger partial charge in [-0.3, -0.25) is 5.10 Å². The number of aromatic nitrogens is 2. The third kappa shape index (κ3) is 2.82. The zero-order chi connectivity index (χ0) is 11.4. The van der Waals surface area contributed by atoms with Crippen LogP contribution in [0, 0.1) is 0 Å². The summed E-state index contributed by atoms with van der Waals surface area (Å²) in [5.74, 6) is 0. The molecule has 0 aliphatic heterocycles. The van der Waals surface area contributed by atoms with Crippen molar-refractivity contribution in [1.29, 1.82) is 0 Å².